The van der Waals surface area contributed by atoms with Gasteiger partial charge in [0.15, 0.2) is 0 Å². The highest BCUT2D eigenvalue weighted by Gasteiger charge is 2.13. The summed E-state index contributed by atoms with van der Waals surface area (Å²) in [5.41, 5.74) is 0.246. The standard InChI is InChI=1S/C17H12ClN3O4/c1-25-15-5-2-13(3-6-15)20-17(22)12(10-19)8-11-9-14(21(23)24)4-7-16(11)18/h2-9H,1H3,(H,20,22)/b12-8-. The second kappa shape index (κ2) is 7.95. The van der Waals surface area contributed by atoms with E-state index in [-0.39, 0.29) is 21.8 Å². The van der Waals surface area contributed by atoms with Crippen LogP contribution in [0.5, 0.6) is 5.75 Å². The van der Waals surface area contributed by atoms with E-state index in [0.717, 1.165) is 0 Å². The number of amides is 1. The summed E-state index contributed by atoms with van der Waals surface area (Å²) in [5.74, 6) is -0.0346. The molecule has 126 valence electrons. The summed E-state index contributed by atoms with van der Waals surface area (Å²) in [6.07, 6.45) is 1.20. The largest absolute Gasteiger partial charge is 0.497 e. The van der Waals surface area contributed by atoms with Crippen LogP contribution >= 0.6 is 11.6 Å². The molecule has 0 saturated heterocycles. The first-order valence-corrected chi connectivity index (χ1v) is 7.33. The molecule has 0 aromatic heterocycles. The number of benzene rings is 2. The Morgan fingerprint density at radius 1 is 1.32 bits per heavy atom. The minimum Gasteiger partial charge on any atom is -0.497 e. The Morgan fingerprint density at radius 2 is 2.00 bits per heavy atom. The van der Waals surface area contributed by atoms with E-state index in [1.807, 2.05) is 0 Å². The lowest BCUT2D eigenvalue weighted by molar-refractivity contribution is -0.384. The summed E-state index contributed by atoms with van der Waals surface area (Å²) < 4.78 is 5.02. The molecule has 0 fully saturated rings. The minimum absolute atomic E-state index is 0.190. The Hall–Kier alpha value is -3.37. The molecule has 7 nitrogen and oxygen atoms in total. The summed E-state index contributed by atoms with van der Waals surface area (Å²) in [4.78, 5) is 22.5. The van der Waals surface area contributed by atoms with Crippen LogP contribution in [0.3, 0.4) is 0 Å². The van der Waals surface area contributed by atoms with Crippen LogP contribution in [-0.2, 0) is 4.79 Å². The van der Waals surface area contributed by atoms with Crippen LogP contribution < -0.4 is 10.1 Å². The summed E-state index contributed by atoms with van der Waals surface area (Å²) in [6, 6.07) is 12.1. The van der Waals surface area contributed by atoms with Crippen molar-refractivity contribution in [2.75, 3.05) is 12.4 Å². The summed E-state index contributed by atoms with van der Waals surface area (Å²) >= 11 is 5.98. The topological polar surface area (TPSA) is 105 Å². The van der Waals surface area contributed by atoms with Gasteiger partial charge in [-0.25, -0.2) is 0 Å². The molecule has 0 radical (unpaired) electrons. The molecule has 0 spiro atoms. The molecule has 0 aliphatic carbocycles. The first-order valence-electron chi connectivity index (χ1n) is 6.95. The van der Waals surface area contributed by atoms with Gasteiger partial charge < -0.3 is 10.1 Å². The van der Waals surface area contributed by atoms with E-state index >= 15 is 0 Å². The number of nitrogens with zero attached hydrogens (tertiary/aromatic N) is 2. The third-order valence-electron chi connectivity index (χ3n) is 3.20. The van der Waals surface area contributed by atoms with Gasteiger partial charge in [0.05, 0.1) is 12.0 Å². The molecule has 2 aromatic carbocycles. The molecular formula is C17H12ClN3O4. The molecule has 0 heterocycles. The number of halogens is 1. The monoisotopic (exact) mass is 357 g/mol. The molecule has 0 saturated carbocycles. The molecule has 25 heavy (non-hydrogen) atoms. The predicted octanol–water partition coefficient (Wildman–Crippen LogP) is 3.80. The average molecular weight is 358 g/mol. The zero-order valence-corrected chi connectivity index (χ0v) is 13.8. The van der Waals surface area contributed by atoms with Gasteiger partial charge in [0, 0.05) is 28.4 Å². The molecule has 0 unspecified atom stereocenters. The van der Waals surface area contributed by atoms with E-state index in [1.165, 1.54) is 31.4 Å². The van der Waals surface area contributed by atoms with Crippen LogP contribution in [0, 0.1) is 21.4 Å². The van der Waals surface area contributed by atoms with Crippen LogP contribution in [0.15, 0.2) is 48.0 Å². The number of nitro benzene ring substituents is 1. The molecule has 0 atom stereocenters. The lowest BCUT2D eigenvalue weighted by Crippen LogP contribution is -2.13. The van der Waals surface area contributed by atoms with Crippen LogP contribution in [0.1, 0.15) is 5.56 Å². The lowest BCUT2D eigenvalue weighted by atomic mass is 10.1. The highest BCUT2D eigenvalue weighted by molar-refractivity contribution is 6.32. The SMILES string of the molecule is COc1ccc(NC(=O)/C(C#N)=C\c2cc([N+](=O)[O-])ccc2Cl)cc1. The molecule has 1 amide bonds. The number of hydrogen-bond acceptors (Lipinski definition) is 5. The number of nitro groups is 1. The molecule has 2 aromatic rings. The zero-order valence-electron chi connectivity index (χ0n) is 13.0. The number of carbonyl (C=O) groups is 1. The van der Waals surface area contributed by atoms with E-state index < -0.39 is 10.8 Å². The highest BCUT2D eigenvalue weighted by Crippen LogP contribution is 2.24. The second-order valence-electron chi connectivity index (χ2n) is 4.82. The van der Waals surface area contributed by atoms with Gasteiger partial charge in [-0.05, 0) is 36.4 Å². The predicted molar refractivity (Wildman–Crippen MR) is 93.3 cm³/mol. The summed E-state index contributed by atoms with van der Waals surface area (Å²) in [6.45, 7) is 0. The van der Waals surface area contributed by atoms with Crippen molar-refractivity contribution in [2.24, 2.45) is 0 Å². The normalized spacial score (nSPS) is 10.7. The number of ether oxygens (including phenoxy) is 1. The number of anilines is 1. The van der Waals surface area contributed by atoms with Gasteiger partial charge in [-0.2, -0.15) is 5.26 Å². The molecule has 2 rings (SSSR count). The molecular weight excluding hydrogens is 346 g/mol. The fraction of sp³-hybridized carbons (Fsp3) is 0.0588. The number of nitrogens with one attached hydrogen (secondary N) is 1. The molecule has 0 aliphatic heterocycles. The van der Waals surface area contributed by atoms with Crippen molar-refractivity contribution in [1.29, 1.82) is 5.26 Å². The third kappa shape index (κ3) is 4.56. The van der Waals surface area contributed by atoms with E-state index in [2.05, 4.69) is 5.32 Å². The van der Waals surface area contributed by atoms with Crippen molar-refractivity contribution < 1.29 is 14.5 Å². The third-order valence-corrected chi connectivity index (χ3v) is 3.55. The van der Waals surface area contributed by atoms with Gasteiger partial charge in [-0.3, -0.25) is 14.9 Å². The fourth-order valence-electron chi connectivity index (χ4n) is 1.93. The smallest absolute Gasteiger partial charge is 0.270 e. The van der Waals surface area contributed by atoms with Gasteiger partial charge in [0.2, 0.25) is 0 Å². The number of carbonyl (C=O) groups excluding carboxylic acids is 1. The van der Waals surface area contributed by atoms with E-state index in [1.54, 1.807) is 30.3 Å². The van der Waals surface area contributed by atoms with E-state index in [9.17, 15) is 20.2 Å². The quantitative estimate of drug-likeness (QED) is 0.379. The van der Waals surface area contributed by atoms with Crippen LogP contribution in [0.2, 0.25) is 5.02 Å². The first-order chi connectivity index (χ1) is 11.9. The Morgan fingerprint density at radius 3 is 2.56 bits per heavy atom. The van der Waals surface area contributed by atoms with E-state index in [0.29, 0.717) is 11.4 Å². The Bertz CT molecular complexity index is 886. The minimum atomic E-state index is -0.657. The Labute approximate surface area is 148 Å². The van der Waals surface area contributed by atoms with Crippen LogP contribution in [0.4, 0.5) is 11.4 Å². The van der Waals surface area contributed by atoms with Gasteiger partial charge in [0.1, 0.15) is 17.4 Å². The fourth-order valence-corrected chi connectivity index (χ4v) is 2.10. The number of rotatable bonds is 5. The van der Waals surface area contributed by atoms with Crippen molar-refractivity contribution in [3.8, 4) is 11.8 Å². The second-order valence-corrected chi connectivity index (χ2v) is 5.22. The average Bonchev–Trinajstić information content (AvgIpc) is 2.61. The Kier molecular flexibility index (Phi) is 5.71. The van der Waals surface area contributed by atoms with Crippen molar-refractivity contribution in [2.45, 2.75) is 0 Å². The first kappa shape index (κ1) is 18.0. The van der Waals surface area contributed by atoms with Crippen LogP contribution in [0.25, 0.3) is 6.08 Å². The maximum absolute atomic E-state index is 12.2. The molecule has 0 bridgehead atoms. The van der Waals surface area contributed by atoms with Gasteiger partial charge in [-0.1, -0.05) is 11.6 Å². The lowest BCUT2D eigenvalue weighted by Gasteiger charge is -2.06. The Balaban J connectivity index is 2.27. The van der Waals surface area contributed by atoms with Crippen molar-refractivity contribution in [3.05, 3.63) is 68.7 Å². The zero-order chi connectivity index (χ0) is 18.4. The van der Waals surface area contributed by atoms with Gasteiger partial charge >= 0.3 is 0 Å². The highest BCUT2D eigenvalue weighted by atomic mass is 35.5. The molecule has 1 N–H and O–H groups in total. The molecule has 0 aliphatic rings. The number of hydrogen-bond donors (Lipinski definition) is 1. The van der Waals surface area contributed by atoms with Crippen molar-refractivity contribution in [1.82, 2.24) is 0 Å². The van der Waals surface area contributed by atoms with Crippen molar-refractivity contribution >= 4 is 35.0 Å². The maximum Gasteiger partial charge on any atom is 0.270 e. The maximum atomic E-state index is 12.2. The van der Waals surface area contributed by atoms with Crippen molar-refractivity contribution in [3.63, 3.8) is 0 Å². The summed E-state index contributed by atoms with van der Waals surface area (Å²) in [5, 5.41) is 22.8. The van der Waals surface area contributed by atoms with Gasteiger partial charge in [-0.15, -0.1) is 0 Å². The summed E-state index contributed by atoms with van der Waals surface area (Å²) in [7, 11) is 1.52. The van der Waals surface area contributed by atoms with Crippen LogP contribution in [-0.4, -0.2) is 17.9 Å². The number of nitriles is 1. The van der Waals surface area contributed by atoms with E-state index in [4.69, 9.17) is 16.3 Å². The number of non-ortho nitro benzene ring substituents is 1. The number of methoxy groups -OCH3 is 1. The van der Waals surface area contributed by atoms with Gasteiger partial charge in [0.25, 0.3) is 11.6 Å². The molecule has 8 heteroatoms.